The van der Waals surface area contributed by atoms with E-state index >= 15 is 0 Å². The second kappa shape index (κ2) is 7.36. The molecule has 0 radical (unpaired) electrons. The Hall–Kier alpha value is -1.72. The summed E-state index contributed by atoms with van der Waals surface area (Å²) in [6, 6.07) is 10.6. The molecule has 4 nitrogen and oxygen atoms in total. The highest BCUT2D eigenvalue weighted by atomic mass is 32.1. The summed E-state index contributed by atoms with van der Waals surface area (Å²) in [5.74, 6) is 2.48. The van der Waals surface area contributed by atoms with E-state index in [0.29, 0.717) is 12.3 Å². The van der Waals surface area contributed by atoms with E-state index in [9.17, 15) is 4.79 Å². The average molecular weight is 382 g/mol. The first-order chi connectivity index (χ1) is 13.2. The normalized spacial score (nSPS) is 26.9. The Labute approximate surface area is 165 Å². The molecule has 1 aromatic heterocycles. The van der Waals surface area contributed by atoms with Crippen molar-refractivity contribution >= 4 is 22.4 Å². The molecule has 2 heterocycles. The van der Waals surface area contributed by atoms with Crippen LogP contribution in [0.15, 0.2) is 30.3 Å². The molecule has 2 aromatic rings. The summed E-state index contributed by atoms with van der Waals surface area (Å²) in [4.78, 5) is 21.0. The number of aromatic nitrogens is 1. The lowest BCUT2D eigenvalue weighted by Gasteiger charge is -2.25. The van der Waals surface area contributed by atoms with E-state index in [-0.39, 0.29) is 5.91 Å². The van der Waals surface area contributed by atoms with Crippen molar-refractivity contribution in [3.05, 3.63) is 46.5 Å². The molecule has 2 fully saturated rings. The summed E-state index contributed by atoms with van der Waals surface area (Å²) in [7, 11) is 0. The Bertz CT molecular complexity index is 818. The van der Waals surface area contributed by atoms with Crippen LogP contribution in [0.25, 0.3) is 0 Å². The van der Waals surface area contributed by atoms with E-state index in [2.05, 4.69) is 40.5 Å². The summed E-state index contributed by atoms with van der Waals surface area (Å²) in [5, 5.41) is 3.90. The molecule has 5 rings (SSSR count). The van der Waals surface area contributed by atoms with Crippen molar-refractivity contribution in [2.45, 2.75) is 51.6 Å². The predicted octanol–water partition coefficient (Wildman–Crippen LogP) is 4.47. The minimum absolute atomic E-state index is 0.166. The van der Waals surface area contributed by atoms with Gasteiger partial charge in [-0.05, 0) is 42.6 Å². The summed E-state index contributed by atoms with van der Waals surface area (Å²) >= 11 is 1.67. The van der Waals surface area contributed by atoms with Crippen LogP contribution in [-0.2, 0) is 24.3 Å². The van der Waals surface area contributed by atoms with Gasteiger partial charge in [-0.3, -0.25) is 9.69 Å². The number of nitrogens with zero attached hydrogens (tertiary/aromatic N) is 2. The maximum Gasteiger partial charge on any atom is 0.226 e. The lowest BCUT2D eigenvalue weighted by Crippen LogP contribution is -2.29. The number of benzene rings is 1. The van der Waals surface area contributed by atoms with E-state index < -0.39 is 0 Å². The molecule has 0 spiro atoms. The van der Waals surface area contributed by atoms with Crippen molar-refractivity contribution in [1.29, 1.82) is 0 Å². The lowest BCUT2D eigenvalue weighted by atomic mass is 9.86. The zero-order valence-corrected chi connectivity index (χ0v) is 16.5. The second-order valence-corrected chi connectivity index (χ2v) is 9.61. The van der Waals surface area contributed by atoms with Crippen LogP contribution in [-0.4, -0.2) is 22.3 Å². The van der Waals surface area contributed by atoms with Gasteiger partial charge in [0.2, 0.25) is 5.91 Å². The molecular formula is C22H27N3OS. The molecule has 1 N–H and O–H groups in total. The molecule has 3 aliphatic rings. The third kappa shape index (κ3) is 3.81. The highest BCUT2D eigenvalue weighted by molar-refractivity contribution is 7.15. The van der Waals surface area contributed by atoms with Crippen LogP contribution < -0.4 is 5.32 Å². The van der Waals surface area contributed by atoms with Gasteiger partial charge in [0.25, 0.3) is 0 Å². The maximum absolute atomic E-state index is 12.5. The van der Waals surface area contributed by atoms with Crippen LogP contribution in [0.3, 0.4) is 0 Å². The zero-order chi connectivity index (χ0) is 18.2. The van der Waals surface area contributed by atoms with Crippen molar-refractivity contribution in [3.8, 4) is 0 Å². The number of thiazole rings is 1. The lowest BCUT2D eigenvalue weighted by molar-refractivity contribution is -0.117. The molecule has 1 amide bonds. The van der Waals surface area contributed by atoms with E-state index in [4.69, 9.17) is 4.98 Å². The molecule has 2 aliphatic carbocycles. The molecule has 2 bridgehead atoms. The number of hydrogen-bond acceptors (Lipinski definition) is 4. The van der Waals surface area contributed by atoms with Crippen molar-refractivity contribution in [2.75, 3.05) is 11.9 Å². The fourth-order valence-electron chi connectivity index (χ4n) is 5.31. The first-order valence-corrected chi connectivity index (χ1v) is 11.1. The first kappa shape index (κ1) is 17.4. The fourth-order valence-corrected chi connectivity index (χ4v) is 6.38. The smallest absolute Gasteiger partial charge is 0.226 e. The monoisotopic (exact) mass is 381 g/mol. The largest absolute Gasteiger partial charge is 0.302 e. The Kier molecular flexibility index (Phi) is 4.74. The molecule has 27 heavy (non-hydrogen) atoms. The molecule has 1 aromatic carbocycles. The molecule has 2 saturated carbocycles. The van der Waals surface area contributed by atoms with Crippen molar-refractivity contribution in [1.82, 2.24) is 9.88 Å². The predicted molar refractivity (Wildman–Crippen MR) is 109 cm³/mol. The summed E-state index contributed by atoms with van der Waals surface area (Å²) < 4.78 is 0. The van der Waals surface area contributed by atoms with E-state index in [1.807, 2.05) is 0 Å². The molecule has 3 atom stereocenters. The minimum atomic E-state index is 0.166. The Morgan fingerprint density at radius 2 is 2.11 bits per heavy atom. The van der Waals surface area contributed by atoms with Gasteiger partial charge in [0.15, 0.2) is 5.13 Å². The molecule has 142 valence electrons. The van der Waals surface area contributed by atoms with Gasteiger partial charge in [0.05, 0.1) is 5.69 Å². The van der Waals surface area contributed by atoms with Gasteiger partial charge in [-0.25, -0.2) is 4.98 Å². The van der Waals surface area contributed by atoms with Crippen molar-refractivity contribution in [2.24, 2.45) is 17.8 Å². The standard InChI is InChI=1S/C22H27N3OS/c26-21(12-18-11-16-6-7-17(18)10-16)24-22-23-19-8-9-25(14-20(19)27-22)13-15-4-2-1-3-5-15/h1-5,16-18H,6-14H2,(H,23,24,26). The van der Waals surface area contributed by atoms with Crippen LogP contribution in [0, 0.1) is 17.8 Å². The number of anilines is 1. The van der Waals surface area contributed by atoms with Gasteiger partial charge < -0.3 is 5.32 Å². The SMILES string of the molecule is O=C(CC1CC2CCC1C2)Nc1nc2c(s1)CN(Cc1ccccc1)CC2. The van der Waals surface area contributed by atoms with Crippen LogP contribution in [0.1, 0.15) is 48.2 Å². The van der Waals surface area contributed by atoms with Gasteiger partial charge >= 0.3 is 0 Å². The van der Waals surface area contributed by atoms with Gasteiger partial charge in [0.1, 0.15) is 0 Å². The van der Waals surface area contributed by atoms with Gasteiger partial charge in [-0.15, -0.1) is 11.3 Å². The summed E-state index contributed by atoms with van der Waals surface area (Å²) in [6.07, 6.45) is 7.01. The molecule has 0 saturated heterocycles. The third-order valence-electron chi connectivity index (χ3n) is 6.64. The van der Waals surface area contributed by atoms with Crippen LogP contribution in [0.2, 0.25) is 0 Å². The van der Waals surface area contributed by atoms with Crippen LogP contribution >= 0.6 is 11.3 Å². The third-order valence-corrected chi connectivity index (χ3v) is 7.64. The molecule has 5 heteroatoms. The number of carbonyl (C=O) groups is 1. The Morgan fingerprint density at radius 3 is 2.89 bits per heavy atom. The van der Waals surface area contributed by atoms with Crippen LogP contribution in [0.5, 0.6) is 0 Å². The molecule has 3 unspecified atom stereocenters. The van der Waals surface area contributed by atoms with Gasteiger partial charge in [0, 0.05) is 37.4 Å². The Balaban J connectivity index is 1.18. The van der Waals surface area contributed by atoms with Gasteiger partial charge in [-0.1, -0.05) is 36.8 Å². The number of amides is 1. The number of carbonyl (C=O) groups excluding carboxylic acids is 1. The summed E-state index contributed by atoms with van der Waals surface area (Å²) in [5.41, 5.74) is 2.53. The number of rotatable bonds is 5. The highest BCUT2D eigenvalue weighted by Crippen LogP contribution is 2.49. The minimum Gasteiger partial charge on any atom is -0.302 e. The second-order valence-electron chi connectivity index (χ2n) is 8.52. The maximum atomic E-state index is 12.5. The average Bonchev–Trinajstić information content (AvgIpc) is 3.37. The zero-order valence-electron chi connectivity index (χ0n) is 15.7. The van der Waals surface area contributed by atoms with E-state index in [1.54, 1.807) is 11.3 Å². The fraction of sp³-hybridized carbons (Fsp3) is 0.545. The topological polar surface area (TPSA) is 45.2 Å². The first-order valence-electron chi connectivity index (χ1n) is 10.3. The number of hydrogen-bond donors (Lipinski definition) is 1. The molecular weight excluding hydrogens is 354 g/mol. The van der Waals surface area contributed by atoms with Crippen molar-refractivity contribution < 1.29 is 4.79 Å². The molecule has 1 aliphatic heterocycles. The van der Waals surface area contributed by atoms with Gasteiger partial charge in [-0.2, -0.15) is 0 Å². The summed E-state index contributed by atoms with van der Waals surface area (Å²) in [6.45, 7) is 2.94. The van der Waals surface area contributed by atoms with E-state index in [1.165, 1.54) is 41.8 Å². The van der Waals surface area contributed by atoms with Crippen molar-refractivity contribution in [3.63, 3.8) is 0 Å². The van der Waals surface area contributed by atoms with E-state index in [0.717, 1.165) is 43.0 Å². The number of nitrogens with one attached hydrogen (secondary N) is 1. The highest BCUT2D eigenvalue weighted by Gasteiger charge is 2.40. The van der Waals surface area contributed by atoms with Crippen LogP contribution in [0.4, 0.5) is 5.13 Å². The number of fused-ring (bicyclic) bond motifs is 3. The Morgan fingerprint density at radius 1 is 1.22 bits per heavy atom. The quantitative estimate of drug-likeness (QED) is 0.831.